The third-order valence-corrected chi connectivity index (χ3v) is 4.89. The van der Waals surface area contributed by atoms with Crippen LogP contribution in [0.4, 0.5) is 27.4 Å². The number of hydrogen-bond donors (Lipinski definition) is 0. The highest BCUT2D eigenvalue weighted by Crippen LogP contribution is 2.38. The summed E-state index contributed by atoms with van der Waals surface area (Å²) >= 11 is 0. The number of nitro groups is 1. The van der Waals surface area contributed by atoms with Crippen molar-refractivity contribution in [2.24, 2.45) is 5.92 Å². The predicted octanol–water partition coefficient (Wildman–Crippen LogP) is 3.07. The molecule has 0 N–H and O–H groups in total. The molecule has 3 rings (SSSR count). The quantitative estimate of drug-likeness (QED) is 0.412. The van der Waals surface area contributed by atoms with Gasteiger partial charge in [0, 0.05) is 25.8 Å². The Balaban J connectivity index is 1.88. The van der Waals surface area contributed by atoms with Gasteiger partial charge in [0.1, 0.15) is 12.1 Å². The number of aromatic nitrogens is 2. The van der Waals surface area contributed by atoms with Gasteiger partial charge in [-0.25, -0.2) is 14.4 Å². The van der Waals surface area contributed by atoms with E-state index in [4.69, 9.17) is 4.74 Å². The van der Waals surface area contributed by atoms with E-state index in [9.17, 15) is 19.3 Å². The Hall–Kier alpha value is -3.30. The van der Waals surface area contributed by atoms with Gasteiger partial charge in [-0.1, -0.05) is 6.07 Å². The van der Waals surface area contributed by atoms with Gasteiger partial charge in [0.25, 0.3) is 0 Å². The van der Waals surface area contributed by atoms with Gasteiger partial charge in [-0.2, -0.15) is 0 Å². The molecule has 29 heavy (non-hydrogen) atoms. The van der Waals surface area contributed by atoms with Gasteiger partial charge in [0.05, 0.1) is 17.4 Å². The van der Waals surface area contributed by atoms with Gasteiger partial charge >= 0.3 is 11.7 Å². The molecule has 9 nitrogen and oxygen atoms in total. The van der Waals surface area contributed by atoms with Crippen LogP contribution in [0.2, 0.25) is 0 Å². The van der Waals surface area contributed by atoms with Crippen LogP contribution in [0.25, 0.3) is 0 Å². The Kier molecular flexibility index (Phi) is 6.20. The molecule has 1 aromatic carbocycles. The Bertz CT molecular complexity index is 902. The normalized spacial score (nSPS) is 14.5. The molecule has 1 aliphatic heterocycles. The van der Waals surface area contributed by atoms with Gasteiger partial charge in [-0.15, -0.1) is 0 Å². The Morgan fingerprint density at radius 1 is 1.38 bits per heavy atom. The van der Waals surface area contributed by atoms with Crippen LogP contribution in [-0.4, -0.2) is 47.6 Å². The average Bonchev–Trinajstić information content (AvgIpc) is 2.73. The van der Waals surface area contributed by atoms with Gasteiger partial charge in [-0.3, -0.25) is 14.9 Å². The average molecular weight is 403 g/mol. The van der Waals surface area contributed by atoms with Crippen molar-refractivity contribution < 1.29 is 18.8 Å². The molecule has 154 valence electrons. The van der Waals surface area contributed by atoms with Crippen LogP contribution < -0.4 is 9.80 Å². The zero-order valence-corrected chi connectivity index (χ0v) is 16.2. The molecule has 0 amide bonds. The summed E-state index contributed by atoms with van der Waals surface area (Å²) in [5, 5.41) is 11.9. The lowest BCUT2D eigenvalue weighted by Crippen LogP contribution is -2.38. The third-order valence-electron chi connectivity index (χ3n) is 4.89. The fourth-order valence-electron chi connectivity index (χ4n) is 3.39. The van der Waals surface area contributed by atoms with Crippen molar-refractivity contribution in [3.05, 3.63) is 46.5 Å². The van der Waals surface area contributed by atoms with E-state index >= 15 is 0 Å². The van der Waals surface area contributed by atoms with Crippen molar-refractivity contribution in [3.63, 3.8) is 0 Å². The number of carbonyl (C=O) groups is 1. The summed E-state index contributed by atoms with van der Waals surface area (Å²) < 4.78 is 18.7. The van der Waals surface area contributed by atoms with Crippen molar-refractivity contribution in [2.75, 3.05) is 36.5 Å². The second-order valence-corrected chi connectivity index (χ2v) is 6.68. The fraction of sp³-hybridized carbons (Fsp3) is 0.421. The summed E-state index contributed by atoms with van der Waals surface area (Å²) in [5.41, 5.74) is 0.174. The number of carbonyl (C=O) groups excluding carboxylic acids is 1. The Labute approximate surface area is 167 Å². The molecule has 0 unspecified atom stereocenters. The number of halogens is 1. The molecule has 0 atom stereocenters. The minimum atomic E-state index is -0.530. The lowest BCUT2D eigenvalue weighted by atomic mass is 9.97. The summed E-state index contributed by atoms with van der Waals surface area (Å²) in [6.07, 6.45) is 2.30. The molecule has 1 aliphatic rings. The van der Waals surface area contributed by atoms with Gasteiger partial charge in [0.2, 0.25) is 11.6 Å². The monoisotopic (exact) mass is 403 g/mol. The highest BCUT2D eigenvalue weighted by atomic mass is 19.1. The maximum absolute atomic E-state index is 13.6. The molecule has 0 bridgehead atoms. The lowest BCUT2D eigenvalue weighted by Gasteiger charge is -2.31. The van der Waals surface area contributed by atoms with Gasteiger partial charge in [-0.05, 0) is 38.0 Å². The van der Waals surface area contributed by atoms with Crippen molar-refractivity contribution in [1.82, 2.24) is 9.97 Å². The molecule has 1 aromatic heterocycles. The number of rotatable bonds is 6. The molecule has 2 aromatic rings. The van der Waals surface area contributed by atoms with Crippen LogP contribution in [-0.2, 0) is 9.53 Å². The molecule has 0 radical (unpaired) electrons. The van der Waals surface area contributed by atoms with Crippen LogP contribution in [0, 0.1) is 21.8 Å². The first-order valence-electron chi connectivity index (χ1n) is 9.32. The van der Waals surface area contributed by atoms with E-state index in [-0.39, 0.29) is 29.2 Å². The molecule has 1 saturated heterocycles. The van der Waals surface area contributed by atoms with Crippen LogP contribution in [0.1, 0.15) is 19.8 Å². The molecule has 0 aliphatic carbocycles. The Morgan fingerprint density at radius 2 is 2.10 bits per heavy atom. The van der Waals surface area contributed by atoms with Crippen molar-refractivity contribution >= 4 is 29.0 Å². The standard InChI is InChI=1S/C19H22FN5O4/c1-3-29-19(26)13-7-9-24(10-8-13)18-16(25(27)28)17(21-12-22-18)23(2)15-6-4-5-14(20)11-15/h4-6,11-13H,3,7-10H2,1-2H3. The van der Waals surface area contributed by atoms with Crippen molar-refractivity contribution in [3.8, 4) is 0 Å². The number of anilines is 3. The summed E-state index contributed by atoms with van der Waals surface area (Å²) in [4.78, 5) is 34.7. The van der Waals surface area contributed by atoms with Crippen LogP contribution in [0.3, 0.4) is 0 Å². The molecule has 2 heterocycles. The molecule has 0 saturated carbocycles. The Morgan fingerprint density at radius 3 is 2.72 bits per heavy atom. The van der Waals surface area contributed by atoms with Crippen LogP contribution in [0.15, 0.2) is 30.6 Å². The van der Waals surface area contributed by atoms with E-state index in [0.29, 0.717) is 38.2 Å². The summed E-state index contributed by atoms with van der Waals surface area (Å²) in [6.45, 7) is 2.95. The van der Waals surface area contributed by atoms with Crippen LogP contribution >= 0.6 is 0 Å². The zero-order valence-electron chi connectivity index (χ0n) is 16.2. The number of hydrogen-bond acceptors (Lipinski definition) is 8. The van der Waals surface area contributed by atoms with Gasteiger partial charge < -0.3 is 14.5 Å². The third kappa shape index (κ3) is 4.41. The zero-order chi connectivity index (χ0) is 21.0. The first kappa shape index (κ1) is 20.4. The second-order valence-electron chi connectivity index (χ2n) is 6.68. The molecule has 1 fully saturated rings. The van der Waals surface area contributed by atoms with E-state index < -0.39 is 10.7 Å². The highest BCUT2D eigenvalue weighted by molar-refractivity contribution is 5.76. The smallest absolute Gasteiger partial charge is 0.353 e. The minimum Gasteiger partial charge on any atom is -0.466 e. The van der Waals surface area contributed by atoms with E-state index in [1.165, 1.54) is 29.4 Å². The number of esters is 1. The minimum absolute atomic E-state index is 0.0677. The van der Waals surface area contributed by atoms with E-state index in [2.05, 4.69) is 9.97 Å². The number of ether oxygens (including phenoxy) is 1. The van der Waals surface area contributed by atoms with Crippen LogP contribution in [0.5, 0.6) is 0 Å². The largest absolute Gasteiger partial charge is 0.466 e. The molecule has 0 spiro atoms. The first-order valence-corrected chi connectivity index (χ1v) is 9.32. The summed E-state index contributed by atoms with van der Waals surface area (Å²) in [6, 6.07) is 5.73. The topological polar surface area (TPSA) is 102 Å². The van der Waals surface area contributed by atoms with Crippen molar-refractivity contribution in [2.45, 2.75) is 19.8 Å². The second kappa shape index (κ2) is 8.80. The van der Waals surface area contributed by atoms with E-state index in [1.807, 2.05) is 0 Å². The predicted molar refractivity (Wildman–Crippen MR) is 105 cm³/mol. The number of piperidine rings is 1. The van der Waals surface area contributed by atoms with Crippen molar-refractivity contribution in [1.29, 1.82) is 0 Å². The maximum atomic E-state index is 13.6. The summed E-state index contributed by atoms with van der Waals surface area (Å²) in [5.74, 6) is -0.659. The maximum Gasteiger partial charge on any atom is 0.353 e. The number of nitrogens with zero attached hydrogens (tertiary/aromatic N) is 5. The molecule has 10 heteroatoms. The lowest BCUT2D eigenvalue weighted by molar-refractivity contribution is -0.383. The first-order chi connectivity index (χ1) is 13.9. The molecular formula is C19H22FN5O4. The van der Waals surface area contributed by atoms with E-state index in [0.717, 1.165) is 0 Å². The SMILES string of the molecule is CCOC(=O)C1CCN(c2ncnc(N(C)c3cccc(F)c3)c2[N+](=O)[O-])CC1. The summed E-state index contributed by atoms with van der Waals surface area (Å²) in [7, 11) is 1.58. The van der Waals surface area contributed by atoms with Gasteiger partial charge in [0.15, 0.2) is 0 Å². The molecular weight excluding hydrogens is 381 g/mol. The number of benzene rings is 1. The highest BCUT2D eigenvalue weighted by Gasteiger charge is 2.33. The van der Waals surface area contributed by atoms with E-state index in [1.54, 1.807) is 24.9 Å². The fourth-order valence-corrected chi connectivity index (χ4v) is 3.39.